The number of rotatable bonds is 7. The molecule has 0 aliphatic rings. The maximum atomic E-state index is 11.9. The van der Waals surface area contributed by atoms with Gasteiger partial charge < -0.3 is 14.6 Å². The summed E-state index contributed by atoms with van der Waals surface area (Å²) >= 11 is 0. The Morgan fingerprint density at radius 2 is 1.74 bits per heavy atom. The predicted molar refractivity (Wildman–Crippen MR) is 108 cm³/mol. The largest absolute Gasteiger partial charge is 0.726 e. The number of nitrogens with one attached hydrogen (secondary N) is 1. The Kier molecular flexibility index (Phi) is 11.6. The molecule has 0 aliphatic heterocycles. The van der Waals surface area contributed by atoms with Crippen molar-refractivity contribution in [3.05, 3.63) is 22.8 Å². The maximum absolute atomic E-state index is 11.9. The second-order valence-electron chi connectivity index (χ2n) is 6.19. The highest BCUT2D eigenvalue weighted by Crippen LogP contribution is 2.31. The lowest BCUT2D eigenvalue weighted by Gasteiger charge is -2.15. The number of amides is 1. The van der Waals surface area contributed by atoms with E-state index in [1.54, 1.807) is 0 Å². The van der Waals surface area contributed by atoms with Crippen molar-refractivity contribution < 1.29 is 26.7 Å². The van der Waals surface area contributed by atoms with Crippen LogP contribution in [0.15, 0.2) is 11.0 Å². The standard InChI is InChI=1S/C17H27NO2S.CH4O4S/c1-7-8-9-10-18-17(19)20-16-12(2)11-15(21(5)6)13(3)14(16)4;1-5-6(2,3)4/h11H,7-10H2,1-6H3;1H3,(H,2,3,4). The number of hydrogen-bond acceptors (Lipinski definition) is 6. The van der Waals surface area contributed by atoms with Gasteiger partial charge in [-0.15, -0.1) is 0 Å². The molecular formula is C18H31NO6S2. The van der Waals surface area contributed by atoms with Crippen molar-refractivity contribution in [3.63, 3.8) is 0 Å². The van der Waals surface area contributed by atoms with Gasteiger partial charge in [0.25, 0.3) is 0 Å². The fourth-order valence-electron chi connectivity index (χ4n) is 2.30. The van der Waals surface area contributed by atoms with Crippen molar-refractivity contribution in [3.8, 4) is 5.75 Å². The van der Waals surface area contributed by atoms with Crippen LogP contribution in [0.25, 0.3) is 0 Å². The van der Waals surface area contributed by atoms with Crippen LogP contribution in [0.2, 0.25) is 0 Å². The SMILES string of the molecule is CCCCCNC(=O)Oc1c(C)cc([S+](C)C)c(C)c1C.COS(=O)(=O)[O-]. The number of benzene rings is 1. The van der Waals surface area contributed by atoms with Crippen molar-refractivity contribution in [1.29, 1.82) is 0 Å². The molecule has 0 saturated heterocycles. The molecule has 0 radical (unpaired) electrons. The zero-order valence-corrected chi connectivity index (χ0v) is 18.8. The molecule has 0 saturated carbocycles. The van der Waals surface area contributed by atoms with Crippen molar-refractivity contribution in [2.45, 2.75) is 51.9 Å². The number of aryl methyl sites for hydroxylation is 1. The lowest BCUT2D eigenvalue weighted by atomic mass is 10.1. The summed E-state index contributed by atoms with van der Waals surface area (Å²) in [5, 5.41) is 2.82. The Bertz CT molecular complexity index is 717. The first kappa shape index (κ1) is 25.7. The molecular weight excluding hydrogens is 390 g/mol. The van der Waals surface area contributed by atoms with Crippen LogP contribution in [-0.2, 0) is 25.5 Å². The molecule has 1 aromatic rings. The molecule has 0 spiro atoms. The second kappa shape index (κ2) is 12.2. The van der Waals surface area contributed by atoms with Gasteiger partial charge in [-0.05, 0) is 32.8 Å². The molecule has 0 fully saturated rings. The van der Waals surface area contributed by atoms with Gasteiger partial charge in [-0.25, -0.2) is 13.2 Å². The quantitative estimate of drug-likeness (QED) is 0.314. The van der Waals surface area contributed by atoms with Gasteiger partial charge in [0.1, 0.15) is 18.3 Å². The van der Waals surface area contributed by atoms with Crippen molar-refractivity contribution in [2.75, 3.05) is 26.2 Å². The molecule has 1 amide bonds. The summed E-state index contributed by atoms with van der Waals surface area (Å²) in [6, 6.07) is 2.14. The lowest BCUT2D eigenvalue weighted by Crippen LogP contribution is -2.28. The summed E-state index contributed by atoms with van der Waals surface area (Å²) in [4.78, 5) is 13.2. The molecule has 1 aromatic carbocycles. The number of ether oxygens (including phenoxy) is 1. The highest BCUT2D eigenvalue weighted by atomic mass is 32.3. The Hall–Kier alpha value is -1.29. The minimum Gasteiger partial charge on any atom is -0.726 e. The molecule has 0 bridgehead atoms. The zero-order valence-electron chi connectivity index (χ0n) is 17.2. The van der Waals surface area contributed by atoms with E-state index in [1.807, 2.05) is 13.8 Å². The number of carbonyl (C=O) groups is 1. The third-order valence-electron chi connectivity index (χ3n) is 3.87. The topological polar surface area (TPSA) is 105 Å². The van der Waals surface area contributed by atoms with Crippen LogP contribution in [0.5, 0.6) is 5.75 Å². The molecule has 0 heterocycles. The number of hydrogen-bond donors (Lipinski definition) is 1. The van der Waals surface area contributed by atoms with Crippen molar-refractivity contribution >= 4 is 27.4 Å². The van der Waals surface area contributed by atoms with Crippen LogP contribution < -0.4 is 10.1 Å². The third-order valence-corrected chi connectivity index (χ3v) is 5.58. The van der Waals surface area contributed by atoms with E-state index >= 15 is 0 Å². The first-order valence-electron chi connectivity index (χ1n) is 8.60. The second-order valence-corrected chi connectivity index (χ2v) is 9.41. The molecule has 0 unspecified atom stereocenters. The molecule has 1 rings (SSSR count). The summed E-state index contributed by atoms with van der Waals surface area (Å²) in [7, 11) is -3.40. The van der Waals surface area contributed by atoms with E-state index < -0.39 is 10.4 Å². The minimum absolute atomic E-state index is 0.205. The van der Waals surface area contributed by atoms with E-state index in [4.69, 9.17) is 4.74 Å². The van der Waals surface area contributed by atoms with Crippen LogP contribution in [0.4, 0.5) is 4.79 Å². The minimum atomic E-state index is -4.41. The van der Waals surface area contributed by atoms with Gasteiger partial charge in [0, 0.05) is 34.6 Å². The molecule has 9 heteroatoms. The highest BCUT2D eigenvalue weighted by molar-refractivity contribution is 7.95. The van der Waals surface area contributed by atoms with E-state index in [0.29, 0.717) is 12.3 Å². The van der Waals surface area contributed by atoms with Crippen LogP contribution >= 0.6 is 0 Å². The molecule has 7 nitrogen and oxygen atoms in total. The van der Waals surface area contributed by atoms with Gasteiger partial charge in [-0.1, -0.05) is 19.8 Å². The monoisotopic (exact) mass is 421 g/mol. The summed E-state index contributed by atoms with van der Waals surface area (Å²) in [5.74, 6) is 0.703. The maximum Gasteiger partial charge on any atom is 0.412 e. The fourth-order valence-corrected chi connectivity index (χ4v) is 3.47. The first-order valence-corrected chi connectivity index (χ1v) is 12.0. The van der Waals surface area contributed by atoms with Crippen molar-refractivity contribution in [2.24, 2.45) is 0 Å². The number of unbranched alkanes of at least 4 members (excludes halogenated alkanes) is 2. The average molecular weight is 422 g/mol. The van der Waals surface area contributed by atoms with Crippen molar-refractivity contribution in [1.82, 2.24) is 5.32 Å². The predicted octanol–water partition coefficient (Wildman–Crippen LogP) is 3.22. The Morgan fingerprint density at radius 1 is 1.19 bits per heavy atom. The fraction of sp³-hybridized carbons (Fsp3) is 0.611. The Balaban J connectivity index is 0.000000972. The van der Waals surface area contributed by atoms with Gasteiger partial charge in [0.15, 0.2) is 4.90 Å². The molecule has 0 aliphatic carbocycles. The summed E-state index contributed by atoms with van der Waals surface area (Å²) in [6.45, 7) is 8.95. The molecule has 156 valence electrons. The molecule has 0 aromatic heterocycles. The summed E-state index contributed by atoms with van der Waals surface area (Å²) in [6.07, 6.45) is 7.34. The van der Waals surface area contributed by atoms with Crippen LogP contribution in [0, 0.1) is 20.8 Å². The van der Waals surface area contributed by atoms with Gasteiger partial charge in [-0.3, -0.25) is 4.18 Å². The van der Waals surface area contributed by atoms with Gasteiger partial charge in [-0.2, -0.15) is 0 Å². The van der Waals surface area contributed by atoms with Gasteiger partial charge >= 0.3 is 6.09 Å². The third kappa shape index (κ3) is 9.99. The Labute approximate surface area is 166 Å². The van der Waals surface area contributed by atoms with E-state index in [0.717, 1.165) is 37.5 Å². The lowest BCUT2D eigenvalue weighted by molar-refractivity contribution is 0.199. The smallest absolute Gasteiger partial charge is 0.412 e. The normalized spacial score (nSPS) is 11.0. The van der Waals surface area contributed by atoms with E-state index in [2.05, 4.69) is 41.9 Å². The molecule has 1 N–H and O–H groups in total. The first-order chi connectivity index (χ1) is 12.4. The average Bonchev–Trinajstić information content (AvgIpc) is 2.58. The van der Waals surface area contributed by atoms with Crippen LogP contribution in [0.1, 0.15) is 42.9 Å². The van der Waals surface area contributed by atoms with Gasteiger partial charge in [0.2, 0.25) is 10.4 Å². The summed E-state index contributed by atoms with van der Waals surface area (Å²) in [5.41, 5.74) is 3.32. The molecule has 27 heavy (non-hydrogen) atoms. The molecule has 0 atom stereocenters. The van der Waals surface area contributed by atoms with E-state index in [1.165, 1.54) is 10.5 Å². The van der Waals surface area contributed by atoms with E-state index in [9.17, 15) is 17.8 Å². The van der Waals surface area contributed by atoms with Crippen LogP contribution in [-0.4, -0.2) is 45.2 Å². The van der Waals surface area contributed by atoms with Crippen LogP contribution in [0.3, 0.4) is 0 Å². The number of carbonyl (C=O) groups excluding carboxylic acids is 1. The summed E-state index contributed by atoms with van der Waals surface area (Å²) < 4.78 is 36.5. The zero-order chi connectivity index (χ0) is 21.2. The van der Waals surface area contributed by atoms with E-state index in [-0.39, 0.29) is 17.0 Å². The van der Waals surface area contributed by atoms with Gasteiger partial charge in [0.05, 0.1) is 7.11 Å². The highest BCUT2D eigenvalue weighted by Gasteiger charge is 2.20. The Morgan fingerprint density at radius 3 is 2.19 bits per heavy atom.